The normalized spacial score (nSPS) is 22.5. The Hall–Kier alpha value is -1.39. The lowest BCUT2D eigenvalue weighted by Gasteiger charge is -2.35. The molecular formula is C18H27NO3. The van der Waals surface area contributed by atoms with Gasteiger partial charge in [0.2, 0.25) is 0 Å². The monoisotopic (exact) mass is 305 g/mol. The van der Waals surface area contributed by atoms with E-state index in [1.165, 1.54) is 0 Å². The van der Waals surface area contributed by atoms with E-state index in [-0.39, 0.29) is 5.78 Å². The molecule has 0 aliphatic carbocycles. The number of ether oxygens (including phenoxy) is 2. The number of unbranched alkanes of at least 4 members (excludes halogenated alkanes) is 1. The Labute approximate surface area is 133 Å². The molecule has 0 saturated carbocycles. The van der Waals surface area contributed by atoms with Crippen LogP contribution in [-0.2, 0) is 4.74 Å². The van der Waals surface area contributed by atoms with Crippen molar-refractivity contribution >= 4 is 5.78 Å². The molecule has 0 spiro atoms. The number of Topliss-reactive ketones (excluding diaryl/α,β-unsaturated/α-hetero) is 1. The van der Waals surface area contributed by atoms with Crippen molar-refractivity contribution in [2.75, 3.05) is 26.2 Å². The van der Waals surface area contributed by atoms with Crippen LogP contribution in [0.1, 0.15) is 44.0 Å². The Kier molecular flexibility index (Phi) is 6.40. The van der Waals surface area contributed by atoms with Gasteiger partial charge in [-0.25, -0.2) is 0 Å². The fraction of sp³-hybridized carbons (Fsp3) is 0.611. The van der Waals surface area contributed by atoms with Gasteiger partial charge in [-0.2, -0.15) is 0 Å². The number of benzene rings is 1. The maximum atomic E-state index is 11.2. The SMILES string of the molecule is CC(=O)c1ccc(OCCCCN2C[C@H](C)O[C@@H](C)C2)cc1. The highest BCUT2D eigenvalue weighted by Crippen LogP contribution is 2.14. The highest BCUT2D eigenvalue weighted by Gasteiger charge is 2.21. The Morgan fingerprint density at radius 2 is 1.82 bits per heavy atom. The molecule has 1 saturated heterocycles. The number of rotatable bonds is 7. The topological polar surface area (TPSA) is 38.8 Å². The van der Waals surface area contributed by atoms with Crippen molar-refractivity contribution in [1.82, 2.24) is 4.90 Å². The smallest absolute Gasteiger partial charge is 0.159 e. The van der Waals surface area contributed by atoms with E-state index in [4.69, 9.17) is 9.47 Å². The zero-order valence-corrected chi connectivity index (χ0v) is 13.9. The molecule has 2 atom stereocenters. The fourth-order valence-corrected chi connectivity index (χ4v) is 2.88. The predicted octanol–water partition coefficient (Wildman–Crippen LogP) is 3.16. The van der Waals surface area contributed by atoms with Gasteiger partial charge in [0.05, 0.1) is 18.8 Å². The summed E-state index contributed by atoms with van der Waals surface area (Å²) in [6.45, 7) is 9.71. The predicted molar refractivity (Wildman–Crippen MR) is 87.6 cm³/mol. The minimum absolute atomic E-state index is 0.0838. The molecule has 0 N–H and O–H groups in total. The molecule has 2 rings (SSSR count). The van der Waals surface area contributed by atoms with E-state index in [0.717, 1.165) is 50.4 Å². The lowest BCUT2D eigenvalue weighted by atomic mass is 10.1. The summed E-state index contributed by atoms with van der Waals surface area (Å²) in [6.07, 6.45) is 2.83. The van der Waals surface area contributed by atoms with Crippen LogP contribution in [0.15, 0.2) is 24.3 Å². The van der Waals surface area contributed by atoms with Crippen molar-refractivity contribution in [2.45, 2.75) is 45.8 Å². The highest BCUT2D eigenvalue weighted by molar-refractivity contribution is 5.94. The number of ketones is 1. The van der Waals surface area contributed by atoms with Gasteiger partial charge >= 0.3 is 0 Å². The van der Waals surface area contributed by atoms with Gasteiger partial charge in [-0.1, -0.05) is 0 Å². The van der Waals surface area contributed by atoms with E-state index in [2.05, 4.69) is 18.7 Å². The van der Waals surface area contributed by atoms with Crippen molar-refractivity contribution in [3.05, 3.63) is 29.8 Å². The quantitative estimate of drug-likeness (QED) is 0.573. The summed E-state index contributed by atoms with van der Waals surface area (Å²) in [5.41, 5.74) is 0.725. The average Bonchev–Trinajstić information content (AvgIpc) is 2.46. The zero-order valence-electron chi connectivity index (χ0n) is 13.9. The van der Waals surface area contributed by atoms with Crippen LogP contribution >= 0.6 is 0 Å². The molecule has 1 aromatic rings. The van der Waals surface area contributed by atoms with Gasteiger partial charge in [0, 0.05) is 18.7 Å². The van der Waals surface area contributed by atoms with Gasteiger partial charge in [-0.05, 0) is 64.4 Å². The van der Waals surface area contributed by atoms with Gasteiger partial charge in [-0.3, -0.25) is 9.69 Å². The van der Waals surface area contributed by atoms with Crippen LogP contribution in [0.4, 0.5) is 0 Å². The number of carbonyl (C=O) groups excluding carboxylic acids is 1. The highest BCUT2D eigenvalue weighted by atomic mass is 16.5. The molecule has 0 unspecified atom stereocenters. The maximum absolute atomic E-state index is 11.2. The molecule has 0 radical (unpaired) electrons. The van der Waals surface area contributed by atoms with Crippen LogP contribution in [0.5, 0.6) is 5.75 Å². The summed E-state index contributed by atoms with van der Waals surface area (Å²) < 4.78 is 11.5. The summed E-state index contributed by atoms with van der Waals surface area (Å²) in [4.78, 5) is 13.7. The third-order valence-electron chi connectivity index (χ3n) is 3.89. The van der Waals surface area contributed by atoms with Crippen molar-refractivity contribution in [1.29, 1.82) is 0 Å². The van der Waals surface area contributed by atoms with Crippen LogP contribution in [0.3, 0.4) is 0 Å². The molecule has 122 valence electrons. The van der Waals surface area contributed by atoms with Gasteiger partial charge in [-0.15, -0.1) is 0 Å². The molecule has 1 aliphatic heterocycles. The van der Waals surface area contributed by atoms with Crippen LogP contribution in [0.25, 0.3) is 0 Å². The molecule has 4 nitrogen and oxygen atoms in total. The first kappa shape index (κ1) is 17.0. The Morgan fingerprint density at radius 3 is 2.41 bits per heavy atom. The summed E-state index contributed by atoms with van der Waals surface area (Å²) in [6, 6.07) is 7.35. The first-order chi connectivity index (χ1) is 10.5. The number of morpholine rings is 1. The fourth-order valence-electron chi connectivity index (χ4n) is 2.88. The molecule has 1 aromatic carbocycles. The van der Waals surface area contributed by atoms with Crippen LogP contribution in [0.2, 0.25) is 0 Å². The number of hydrogen-bond donors (Lipinski definition) is 0. The number of nitrogens with zero attached hydrogens (tertiary/aromatic N) is 1. The second kappa shape index (κ2) is 8.30. The maximum Gasteiger partial charge on any atom is 0.159 e. The van der Waals surface area contributed by atoms with Crippen molar-refractivity contribution in [3.63, 3.8) is 0 Å². The molecule has 0 bridgehead atoms. The van der Waals surface area contributed by atoms with Crippen molar-refractivity contribution < 1.29 is 14.3 Å². The second-order valence-electron chi connectivity index (χ2n) is 6.15. The van der Waals surface area contributed by atoms with Crippen LogP contribution in [-0.4, -0.2) is 49.1 Å². The van der Waals surface area contributed by atoms with E-state index >= 15 is 0 Å². The minimum Gasteiger partial charge on any atom is -0.494 e. The third-order valence-corrected chi connectivity index (χ3v) is 3.89. The second-order valence-corrected chi connectivity index (χ2v) is 6.15. The third kappa shape index (κ3) is 5.43. The first-order valence-electron chi connectivity index (χ1n) is 8.16. The molecule has 22 heavy (non-hydrogen) atoms. The Morgan fingerprint density at radius 1 is 1.18 bits per heavy atom. The Bertz CT molecular complexity index is 462. The molecule has 0 aromatic heterocycles. The molecule has 4 heteroatoms. The van der Waals surface area contributed by atoms with Gasteiger partial charge in [0.1, 0.15) is 5.75 Å². The lowest BCUT2D eigenvalue weighted by Crippen LogP contribution is -2.45. The zero-order chi connectivity index (χ0) is 15.9. The van der Waals surface area contributed by atoms with Crippen molar-refractivity contribution in [3.8, 4) is 5.75 Å². The van der Waals surface area contributed by atoms with Crippen LogP contribution < -0.4 is 4.74 Å². The van der Waals surface area contributed by atoms with Gasteiger partial charge < -0.3 is 9.47 Å². The van der Waals surface area contributed by atoms with E-state index in [9.17, 15) is 4.79 Å². The summed E-state index contributed by atoms with van der Waals surface area (Å²) in [5.74, 6) is 0.916. The molecule has 1 heterocycles. The van der Waals surface area contributed by atoms with Gasteiger partial charge in [0.15, 0.2) is 5.78 Å². The number of carbonyl (C=O) groups is 1. The first-order valence-corrected chi connectivity index (χ1v) is 8.16. The van der Waals surface area contributed by atoms with Gasteiger partial charge in [0.25, 0.3) is 0 Å². The summed E-state index contributed by atoms with van der Waals surface area (Å²) in [7, 11) is 0. The largest absolute Gasteiger partial charge is 0.494 e. The average molecular weight is 305 g/mol. The number of hydrogen-bond acceptors (Lipinski definition) is 4. The van der Waals surface area contributed by atoms with E-state index in [1.807, 2.05) is 24.3 Å². The molecule has 1 aliphatic rings. The summed E-state index contributed by atoms with van der Waals surface area (Å²) in [5, 5.41) is 0. The molecule has 0 amide bonds. The summed E-state index contributed by atoms with van der Waals surface area (Å²) >= 11 is 0. The lowest BCUT2D eigenvalue weighted by molar-refractivity contribution is -0.0682. The Balaban J connectivity index is 1.62. The van der Waals surface area contributed by atoms with Crippen molar-refractivity contribution in [2.24, 2.45) is 0 Å². The standard InChI is InChI=1S/C18H27NO3/c1-14-12-19(13-15(2)22-14)10-4-5-11-21-18-8-6-17(7-9-18)16(3)20/h6-9,14-15H,4-5,10-13H2,1-3H3/t14-,15-/m0/s1. The van der Waals surface area contributed by atoms with Crippen LogP contribution in [0, 0.1) is 0 Å². The van der Waals surface area contributed by atoms with E-state index in [0.29, 0.717) is 12.2 Å². The molecular weight excluding hydrogens is 278 g/mol. The van der Waals surface area contributed by atoms with E-state index in [1.54, 1.807) is 6.92 Å². The molecule has 1 fully saturated rings. The van der Waals surface area contributed by atoms with E-state index < -0.39 is 0 Å². The minimum atomic E-state index is 0.0838.